The van der Waals surface area contributed by atoms with Crippen molar-refractivity contribution in [2.75, 3.05) is 26.7 Å². The molecule has 4 nitrogen and oxygen atoms in total. The molecule has 0 unspecified atom stereocenters. The van der Waals surface area contributed by atoms with Crippen LogP contribution in [0.5, 0.6) is 5.75 Å². The van der Waals surface area contributed by atoms with Gasteiger partial charge in [0.2, 0.25) is 5.91 Å². The van der Waals surface area contributed by atoms with Gasteiger partial charge in [-0.05, 0) is 60.6 Å². The van der Waals surface area contributed by atoms with Crippen LogP contribution in [0, 0.1) is 18.7 Å². The number of rotatable bonds is 8. The van der Waals surface area contributed by atoms with Crippen molar-refractivity contribution < 1.29 is 13.9 Å². The van der Waals surface area contributed by atoms with E-state index in [0.29, 0.717) is 19.6 Å². The lowest BCUT2D eigenvalue weighted by Gasteiger charge is -2.37. The van der Waals surface area contributed by atoms with Crippen LogP contribution in [0.3, 0.4) is 0 Å². The minimum absolute atomic E-state index is 0.0801. The van der Waals surface area contributed by atoms with E-state index in [1.807, 2.05) is 30.3 Å². The fourth-order valence-corrected chi connectivity index (χ4v) is 4.94. The molecular formula is C29H33FN2O2. The highest BCUT2D eigenvalue weighted by atomic mass is 19.1. The number of aryl methyl sites for hydroxylation is 1. The van der Waals surface area contributed by atoms with Crippen LogP contribution in [0.15, 0.2) is 72.8 Å². The molecule has 2 atom stereocenters. The zero-order valence-corrected chi connectivity index (χ0v) is 20.0. The van der Waals surface area contributed by atoms with Gasteiger partial charge in [0.1, 0.15) is 11.6 Å². The molecule has 0 spiro atoms. The van der Waals surface area contributed by atoms with Crippen LogP contribution in [-0.2, 0) is 17.8 Å². The van der Waals surface area contributed by atoms with Crippen LogP contribution < -0.4 is 10.1 Å². The van der Waals surface area contributed by atoms with Gasteiger partial charge in [-0.3, -0.25) is 9.69 Å². The largest absolute Gasteiger partial charge is 0.496 e. The molecule has 3 aromatic carbocycles. The third kappa shape index (κ3) is 6.23. The predicted octanol–water partition coefficient (Wildman–Crippen LogP) is 5.11. The van der Waals surface area contributed by atoms with Gasteiger partial charge in [-0.2, -0.15) is 0 Å². The Morgan fingerprint density at radius 1 is 1.06 bits per heavy atom. The van der Waals surface area contributed by atoms with Gasteiger partial charge in [0, 0.05) is 26.2 Å². The molecule has 0 aliphatic carbocycles. The summed E-state index contributed by atoms with van der Waals surface area (Å²) in [6, 6.07) is 23.2. The number of nitrogens with zero attached hydrogens (tertiary/aromatic N) is 1. The molecule has 1 heterocycles. The van der Waals surface area contributed by atoms with Crippen molar-refractivity contribution in [2.24, 2.45) is 5.92 Å². The number of carbonyl (C=O) groups excluding carboxylic acids is 1. The lowest BCUT2D eigenvalue weighted by molar-refractivity contribution is -0.127. The smallest absolute Gasteiger partial charge is 0.224 e. The fourth-order valence-electron chi connectivity index (χ4n) is 4.94. The molecule has 5 heteroatoms. The Bertz CT molecular complexity index is 1120. The molecule has 4 rings (SSSR count). The van der Waals surface area contributed by atoms with E-state index in [4.69, 9.17) is 4.74 Å². The summed E-state index contributed by atoms with van der Waals surface area (Å²) in [5.74, 6) is 0.833. The summed E-state index contributed by atoms with van der Waals surface area (Å²) in [7, 11) is 1.66. The number of hydrogen-bond donors (Lipinski definition) is 1. The first kappa shape index (κ1) is 24.0. The fraction of sp³-hybridized carbons (Fsp3) is 0.345. The van der Waals surface area contributed by atoms with Crippen molar-refractivity contribution >= 4 is 5.91 Å². The summed E-state index contributed by atoms with van der Waals surface area (Å²) in [6.45, 7) is 4.81. The Labute approximate surface area is 201 Å². The van der Waals surface area contributed by atoms with Crippen molar-refractivity contribution in [3.8, 4) is 5.75 Å². The van der Waals surface area contributed by atoms with Crippen LogP contribution in [0.1, 0.15) is 34.6 Å². The summed E-state index contributed by atoms with van der Waals surface area (Å²) >= 11 is 0. The number of halogens is 1. The average Bonchev–Trinajstić information content (AvgIpc) is 2.84. The second-order valence-corrected chi connectivity index (χ2v) is 9.22. The lowest BCUT2D eigenvalue weighted by atomic mass is 9.83. The lowest BCUT2D eigenvalue weighted by Crippen LogP contribution is -2.45. The van der Waals surface area contributed by atoms with Crippen molar-refractivity contribution in [1.82, 2.24) is 10.2 Å². The molecule has 1 N–H and O–H groups in total. The number of ether oxygens (including phenoxy) is 1. The number of methoxy groups -OCH3 is 1. The third-order valence-corrected chi connectivity index (χ3v) is 6.59. The normalized spacial score (nSPS) is 18.4. The monoisotopic (exact) mass is 460 g/mol. The molecule has 0 radical (unpaired) electrons. The Hall–Kier alpha value is -3.18. The average molecular weight is 461 g/mol. The first-order valence-corrected chi connectivity index (χ1v) is 11.9. The van der Waals surface area contributed by atoms with Crippen LogP contribution in [0.2, 0.25) is 0 Å². The van der Waals surface area contributed by atoms with Gasteiger partial charge in [-0.1, -0.05) is 60.2 Å². The number of likely N-dealkylation sites (tertiary alicyclic amines) is 1. The highest BCUT2D eigenvalue weighted by molar-refractivity contribution is 5.79. The van der Waals surface area contributed by atoms with Gasteiger partial charge < -0.3 is 10.1 Å². The maximum Gasteiger partial charge on any atom is 0.224 e. The molecule has 3 aromatic rings. The molecule has 0 aromatic heterocycles. The van der Waals surface area contributed by atoms with Crippen LogP contribution in [0.25, 0.3) is 0 Å². The number of nitrogens with one attached hydrogen (secondary N) is 1. The molecule has 1 aliphatic heterocycles. The van der Waals surface area contributed by atoms with Crippen molar-refractivity contribution in [3.63, 3.8) is 0 Å². The number of carbonyl (C=O) groups is 1. The van der Waals surface area contributed by atoms with Gasteiger partial charge in [0.15, 0.2) is 0 Å². The molecule has 178 valence electrons. The molecule has 1 saturated heterocycles. The maximum atomic E-state index is 13.8. The van der Waals surface area contributed by atoms with Crippen LogP contribution >= 0.6 is 0 Å². The van der Waals surface area contributed by atoms with E-state index in [2.05, 4.69) is 41.4 Å². The Morgan fingerprint density at radius 3 is 2.68 bits per heavy atom. The molecule has 1 amide bonds. The summed E-state index contributed by atoms with van der Waals surface area (Å²) < 4.78 is 19.2. The molecule has 1 fully saturated rings. The maximum absolute atomic E-state index is 13.8. The highest BCUT2D eigenvalue weighted by Gasteiger charge is 2.32. The summed E-state index contributed by atoms with van der Waals surface area (Å²) in [6.07, 6.45) is 1.53. The van der Waals surface area contributed by atoms with Gasteiger partial charge in [-0.15, -0.1) is 0 Å². The van der Waals surface area contributed by atoms with Gasteiger partial charge in [0.25, 0.3) is 0 Å². The van der Waals surface area contributed by atoms with Gasteiger partial charge >= 0.3 is 0 Å². The topological polar surface area (TPSA) is 41.6 Å². The minimum Gasteiger partial charge on any atom is -0.496 e. The standard InChI is InChI=1S/C29H33FN2O2/c1-21-7-5-10-24(15-21)25-17-26(20-32(19-25)18-22-8-6-11-27(30)16-22)29(33)31-14-13-23-9-3-4-12-28(23)34-2/h3-12,15-16,25-26H,13-14,17-20H2,1-2H3,(H,31,33)/t25-,26-/m0/s1. The van der Waals surface area contributed by atoms with Crippen LogP contribution in [-0.4, -0.2) is 37.6 Å². The van der Waals surface area contributed by atoms with E-state index in [-0.39, 0.29) is 23.6 Å². The second kappa shape index (κ2) is 11.3. The Kier molecular flexibility index (Phi) is 7.96. The zero-order valence-electron chi connectivity index (χ0n) is 20.0. The second-order valence-electron chi connectivity index (χ2n) is 9.22. The summed E-state index contributed by atoms with van der Waals surface area (Å²) in [4.78, 5) is 15.5. The number of para-hydroxylation sites is 1. The SMILES string of the molecule is COc1ccccc1CCNC(=O)[C@H]1C[C@H](c2cccc(C)c2)CN(Cc2cccc(F)c2)C1. The summed E-state index contributed by atoms with van der Waals surface area (Å²) in [5, 5.41) is 3.15. The van der Waals surface area contributed by atoms with E-state index >= 15 is 0 Å². The summed E-state index contributed by atoms with van der Waals surface area (Å²) in [5.41, 5.74) is 4.49. The van der Waals surface area contributed by atoms with Crippen molar-refractivity contribution in [1.29, 1.82) is 0 Å². The zero-order chi connectivity index (χ0) is 23.9. The molecule has 1 aliphatic rings. The van der Waals surface area contributed by atoms with Crippen LogP contribution in [0.4, 0.5) is 4.39 Å². The van der Waals surface area contributed by atoms with Crippen molar-refractivity contribution in [2.45, 2.75) is 32.2 Å². The first-order chi connectivity index (χ1) is 16.5. The first-order valence-electron chi connectivity index (χ1n) is 11.9. The van der Waals surface area contributed by atoms with Crippen molar-refractivity contribution in [3.05, 3.63) is 101 Å². The molecule has 0 bridgehead atoms. The Balaban J connectivity index is 1.45. The van der Waals surface area contributed by atoms with E-state index < -0.39 is 0 Å². The number of hydrogen-bond acceptors (Lipinski definition) is 3. The third-order valence-electron chi connectivity index (χ3n) is 6.59. The minimum atomic E-state index is -0.227. The predicted molar refractivity (Wildman–Crippen MR) is 133 cm³/mol. The molecule has 0 saturated carbocycles. The molecule has 34 heavy (non-hydrogen) atoms. The quantitative estimate of drug-likeness (QED) is 0.508. The number of benzene rings is 3. The number of piperidine rings is 1. The van der Waals surface area contributed by atoms with Gasteiger partial charge in [0.05, 0.1) is 13.0 Å². The van der Waals surface area contributed by atoms with E-state index in [1.165, 1.54) is 17.2 Å². The molecular weight excluding hydrogens is 427 g/mol. The van der Waals surface area contributed by atoms with E-state index in [9.17, 15) is 9.18 Å². The van der Waals surface area contributed by atoms with E-state index in [1.54, 1.807) is 19.2 Å². The number of amides is 1. The highest BCUT2D eigenvalue weighted by Crippen LogP contribution is 2.32. The van der Waals surface area contributed by atoms with E-state index in [0.717, 1.165) is 36.3 Å². The van der Waals surface area contributed by atoms with Gasteiger partial charge in [-0.25, -0.2) is 4.39 Å². The Morgan fingerprint density at radius 2 is 1.88 bits per heavy atom.